The van der Waals surface area contributed by atoms with Crippen LogP contribution in [-0.4, -0.2) is 36.1 Å². The Balaban J connectivity index is 1.53. The zero-order valence-corrected chi connectivity index (χ0v) is 13.7. The number of esters is 1. The van der Waals surface area contributed by atoms with Gasteiger partial charge in [0.25, 0.3) is 11.8 Å². The molecule has 0 spiro atoms. The molecule has 126 valence electrons. The summed E-state index contributed by atoms with van der Waals surface area (Å²) < 4.78 is 10.8. The molecule has 6 nitrogen and oxygen atoms in total. The first-order valence-corrected chi connectivity index (χ1v) is 7.85. The number of rotatable bonds is 5. The van der Waals surface area contributed by atoms with Crippen molar-refractivity contribution < 1.29 is 23.9 Å². The second kappa shape index (κ2) is 6.20. The summed E-state index contributed by atoms with van der Waals surface area (Å²) in [5.41, 5.74) is 0.864. The Bertz CT molecular complexity index is 683. The summed E-state index contributed by atoms with van der Waals surface area (Å²) in [4.78, 5) is 36.2. The van der Waals surface area contributed by atoms with Crippen LogP contribution in [0.15, 0.2) is 36.4 Å². The Morgan fingerprint density at radius 2 is 1.83 bits per heavy atom. The molecule has 2 aliphatic rings. The molecule has 3 rings (SSSR count). The topological polar surface area (TPSA) is 72.9 Å². The van der Waals surface area contributed by atoms with Gasteiger partial charge >= 0.3 is 5.97 Å². The van der Waals surface area contributed by atoms with Crippen molar-refractivity contribution in [1.29, 1.82) is 0 Å². The van der Waals surface area contributed by atoms with E-state index < -0.39 is 0 Å². The van der Waals surface area contributed by atoms with E-state index in [0.29, 0.717) is 5.69 Å². The van der Waals surface area contributed by atoms with E-state index in [2.05, 4.69) is 0 Å². The zero-order valence-electron chi connectivity index (χ0n) is 13.7. The molecule has 0 aliphatic carbocycles. The lowest BCUT2D eigenvalue weighted by atomic mass is 9.93. The van der Waals surface area contributed by atoms with E-state index in [9.17, 15) is 14.4 Å². The van der Waals surface area contributed by atoms with E-state index in [4.69, 9.17) is 9.47 Å². The molecular weight excluding hydrogens is 310 g/mol. The lowest BCUT2D eigenvalue weighted by molar-refractivity contribution is -0.213. The predicted octanol–water partition coefficient (Wildman–Crippen LogP) is 1.77. The number of carbonyl (C=O) groups is 3. The molecule has 0 aromatic heterocycles. The Labute approximate surface area is 140 Å². The third kappa shape index (κ3) is 3.38. The highest BCUT2D eigenvalue weighted by molar-refractivity contribution is 6.28. The zero-order chi connectivity index (χ0) is 17.3. The molecule has 1 saturated heterocycles. The van der Waals surface area contributed by atoms with Crippen LogP contribution in [0.2, 0.25) is 0 Å². The van der Waals surface area contributed by atoms with Gasteiger partial charge in [0.2, 0.25) is 0 Å². The molecular formula is C18H19NO5. The van der Waals surface area contributed by atoms with Crippen molar-refractivity contribution >= 4 is 23.5 Å². The van der Waals surface area contributed by atoms with Gasteiger partial charge in [0, 0.05) is 18.6 Å². The van der Waals surface area contributed by atoms with Crippen molar-refractivity contribution in [3.63, 3.8) is 0 Å². The fourth-order valence-corrected chi connectivity index (χ4v) is 3.05. The maximum absolute atomic E-state index is 11.9. The highest BCUT2D eigenvalue weighted by Crippen LogP contribution is 2.32. The lowest BCUT2D eigenvalue weighted by Gasteiger charge is -2.43. The molecule has 6 heteroatoms. The molecule has 24 heavy (non-hydrogen) atoms. The lowest BCUT2D eigenvalue weighted by Crippen LogP contribution is -2.50. The van der Waals surface area contributed by atoms with Crippen LogP contribution in [0, 0.1) is 0 Å². The van der Waals surface area contributed by atoms with Crippen LogP contribution >= 0.6 is 0 Å². The Hall–Kier alpha value is -2.47. The summed E-state index contributed by atoms with van der Waals surface area (Å²) in [5.74, 6) is -1.06. The van der Waals surface area contributed by atoms with Crippen LogP contribution in [0.5, 0.6) is 0 Å². The minimum atomic E-state index is -0.373. The van der Waals surface area contributed by atoms with Crippen molar-refractivity contribution in [2.24, 2.45) is 0 Å². The Morgan fingerprint density at radius 3 is 2.38 bits per heavy atom. The molecule has 0 radical (unpaired) electrons. The largest absolute Gasteiger partial charge is 0.462 e. The number of carbonyl (C=O) groups excluding carboxylic acids is 3. The maximum Gasteiger partial charge on any atom is 0.310 e. The van der Waals surface area contributed by atoms with Gasteiger partial charge < -0.3 is 9.47 Å². The van der Waals surface area contributed by atoms with Crippen LogP contribution in [0.25, 0.3) is 0 Å². The van der Waals surface area contributed by atoms with Gasteiger partial charge in [0.15, 0.2) is 0 Å². The van der Waals surface area contributed by atoms with E-state index in [0.717, 1.165) is 16.9 Å². The highest BCUT2D eigenvalue weighted by atomic mass is 16.6. The second-order valence-electron chi connectivity index (χ2n) is 6.43. The summed E-state index contributed by atoms with van der Waals surface area (Å²) in [6.07, 6.45) is 3.69. The summed E-state index contributed by atoms with van der Waals surface area (Å²) >= 11 is 0. The number of hydrogen-bond acceptors (Lipinski definition) is 5. The standard InChI is InChI=1S/C18H19NO5/c1-12-10-18(2,24-12)11-23-17(22)9-13-3-5-14(6-4-13)19-15(20)7-8-16(19)21/h3-8,12H,9-11H2,1-2H3. The Morgan fingerprint density at radius 1 is 1.25 bits per heavy atom. The number of ether oxygens (including phenoxy) is 2. The molecule has 2 amide bonds. The van der Waals surface area contributed by atoms with Crippen molar-refractivity contribution in [2.45, 2.75) is 38.4 Å². The number of benzene rings is 1. The molecule has 2 atom stereocenters. The maximum atomic E-state index is 11.9. The number of hydrogen-bond donors (Lipinski definition) is 0. The molecule has 1 fully saturated rings. The molecule has 2 unspecified atom stereocenters. The van der Waals surface area contributed by atoms with E-state index >= 15 is 0 Å². The summed E-state index contributed by atoms with van der Waals surface area (Å²) in [6.45, 7) is 4.15. The SMILES string of the molecule is CC1CC(C)(COC(=O)Cc2ccc(N3C(=O)C=CC3=O)cc2)O1. The molecule has 2 aliphatic heterocycles. The van der Waals surface area contributed by atoms with Crippen LogP contribution in [0.1, 0.15) is 25.8 Å². The highest BCUT2D eigenvalue weighted by Gasteiger charge is 2.40. The van der Waals surface area contributed by atoms with Gasteiger partial charge in [-0.3, -0.25) is 14.4 Å². The summed E-state index contributed by atoms with van der Waals surface area (Å²) in [6, 6.07) is 6.70. The van der Waals surface area contributed by atoms with Crippen LogP contribution in [-0.2, 0) is 30.3 Å². The predicted molar refractivity (Wildman–Crippen MR) is 86.3 cm³/mol. The number of nitrogens with zero attached hydrogens (tertiary/aromatic N) is 1. The average Bonchev–Trinajstić information content (AvgIpc) is 2.84. The molecule has 0 N–H and O–H groups in total. The fraction of sp³-hybridized carbons (Fsp3) is 0.389. The third-order valence-electron chi connectivity index (χ3n) is 4.10. The van der Waals surface area contributed by atoms with Gasteiger partial charge in [-0.2, -0.15) is 0 Å². The second-order valence-corrected chi connectivity index (χ2v) is 6.43. The normalized spacial score (nSPS) is 25.8. The van der Waals surface area contributed by atoms with Gasteiger partial charge in [-0.25, -0.2) is 4.90 Å². The van der Waals surface area contributed by atoms with Crippen LogP contribution in [0.3, 0.4) is 0 Å². The quantitative estimate of drug-likeness (QED) is 0.608. The Kier molecular flexibility index (Phi) is 4.24. The van der Waals surface area contributed by atoms with E-state index in [1.807, 2.05) is 13.8 Å². The van der Waals surface area contributed by atoms with Gasteiger partial charge in [-0.15, -0.1) is 0 Å². The van der Waals surface area contributed by atoms with Crippen LogP contribution in [0.4, 0.5) is 5.69 Å². The fourth-order valence-electron chi connectivity index (χ4n) is 3.05. The smallest absolute Gasteiger partial charge is 0.310 e. The average molecular weight is 329 g/mol. The first-order chi connectivity index (χ1) is 11.4. The number of amides is 2. The first kappa shape index (κ1) is 16.4. The van der Waals surface area contributed by atoms with E-state index in [1.165, 1.54) is 12.2 Å². The molecule has 0 saturated carbocycles. The van der Waals surface area contributed by atoms with E-state index in [-0.39, 0.29) is 42.5 Å². The van der Waals surface area contributed by atoms with Crippen LogP contribution < -0.4 is 4.90 Å². The van der Waals surface area contributed by atoms with Crippen molar-refractivity contribution in [3.05, 3.63) is 42.0 Å². The van der Waals surface area contributed by atoms with Crippen molar-refractivity contribution in [1.82, 2.24) is 0 Å². The monoisotopic (exact) mass is 329 g/mol. The van der Waals surface area contributed by atoms with Gasteiger partial charge in [0.05, 0.1) is 18.2 Å². The number of imide groups is 1. The van der Waals surface area contributed by atoms with Gasteiger partial charge in [-0.05, 0) is 31.5 Å². The minimum Gasteiger partial charge on any atom is -0.462 e. The van der Waals surface area contributed by atoms with Gasteiger partial charge in [0.1, 0.15) is 12.2 Å². The molecule has 2 heterocycles. The summed E-state index contributed by atoms with van der Waals surface area (Å²) in [5, 5.41) is 0. The molecule has 0 bridgehead atoms. The minimum absolute atomic E-state index is 0.131. The first-order valence-electron chi connectivity index (χ1n) is 7.85. The van der Waals surface area contributed by atoms with Gasteiger partial charge in [-0.1, -0.05) is 12.1 Å². The van der Waals surface area contributed by atoms with E-state index in [1.54, 1.807) is 24.3 Å². The van der Waals surface area contributed by atoms with Crippen molar-refractivity contribution in [2.75, 3.05) is 11.5 Å². The summed E-state index contributed by atoms with van der Waals surface area (Å²) in [7, 11) is 0. The molecule has 1 aromatic carbocycles. The number of anilines is 1. The third-order valence-corrected chi connectivity index (χ3v) is 4.10. The molecule has 1 aromatic rings. The van der Waals surface area contributed by atoms with Crippen molar-refractivity contribution in [3.8, 4) is 0 Å².